The first-order chi connectivity index (χ1) is 9.40. The minimum Gasteiger partial charge on any atom is -0.481 e. The summed E-state index contributed by atoms with van der Waals surface area (Å²) in [6, 6.07) is 4.57. The van der Waals surface area contributed by atoms with E-state index in [0.29, 0.717) is 10.6 Å². The summed E-state index contributed by atoms with van der Waals surface area (Å²) in [5.41, 5.74) is 0.662. The van der Waals surface area contributed by atoms with Crippen LogP contribution >= 0.6 is 11.6 Å². The van der Waals surface area contributed by atoms with Gasteiger partial charge in [0, 0.05) is 11.6 Å². The van der Waals surface area contributed by atoms with Crippen molar-refractivity contribution in [1.82, 2.24) is 10.6 Å². The van der Waals surface area contributed by atoms with Crippen LogP contribution < -0.4 is 10.6 Å². The van der Waals surface area contributed by atoms with Crippen LogP contribution in [0.15, 0.2) is 24.3 Å². The number of aliphatic carboxylic acids is 2. The van der Waals surface area contributed by atoms with Crippen LogP contribution in [0.2, 0.25) is 5.02 Å². The lowest BCUT2D eigenvalue weighted by atomic mass is 10.2. The number of carbonyl (C=O) groups excluding carboxylic acids is 1. The van der Waals surface area contributed by atoms with E-state index >= 15 is 0 Å². The van der Waals surface area contributed by atoms with Crippen LogP contribution in [-0.2, 0) is 16.1 Å². The molecule has 1 unspecified atom stereocenters. The first-order valence-corrected chi connectivity index (χ1v) is 6.00. The van der Waals surface area contributed by atoms with E-state index in [1.807, 2.05) is 0 Å². The molecule has 7 nitrogen and oxygen atoms in total. The average Bonchev–Trinajstić information content (AvgIpc) is 2.36. The third-order valence-corrected chi connectivity index (χ3v) is 2.75. The molecule has 0 heterocycles. The van der Waals surface area contributed by atoms with Gasteiger partial charge in [-0.1, -0.05) is 29.8 Å². The van der Waals surface area contributed by atoms with Crippen LogP contribution in [0, 0.1) is 0 Å². The van der Waals surface area contributed by atoms with Gasteiger partial charge in [-0.3, -0.25) is 4.79 Å². The Hall–Kier alpha value is -2.28. The summed E-state index contributed by atoms with van der Waals surface area (Å²) in [7, 11) is 0. The minimum absolute atomic E-state index is 0.102. The van der Waals surface area contributed by atoms with E-state index in [9.17, 15) is 14.4 Å². The number of hydrogen-bond acceptors (Lipinski definition) is 3. The van der Waals surface area contributed by atoms with Crippen molar-refractivity contribution in [2.75, 3.05) is 0 Å². The Morgan fingerprint density at radius 2 is 1.85 bits per heavy atom. The second-order valence-corrected chi connectivity index (χ2v) is 4.31. The fourth-order valence-electron chi connectivity index (χ4n) is 1.40. The van der Waals surface area contributed by atoms with E-state index in [1.165, 1.54) is 0 Å². The van der Waals surface area contributed by atoms with Gasteiger partial charge in [0.25, 0.3) is 0 Å². The number of carboxylic acids is 2. The Bertz CT molecular complexity index is 520. The first-order valence-electron chi connectivity index (χ1n) is 5.62. The highest BCUT2D eigenvalue weighted by atomic mass is 35.5. The van der Waals surface area contributed by atoms with Gasteiger partial charge in [0.05, 0.1) is 6.42 Å². The minimum atomic E-state index is -1.49. The smallest absolute Gasteiger partial charge is 0.326 e. The zero-order chi connectivity index (χ0) is 15.1. The molecular weight excluding hydrogens is 288 g/mol. The van der Waals surface area contributed by atoms with Gasteiger partial charge in [0.2, 0.25) is 0 Å². The molecule has 1 rings (SSSR count). The van der Waals surface area contributed by atoms with Gasteiger partial charge >= 0.3 is 18.0 Å². The molecule has 1 atom stereocenters. The number of amides is 2. The lowest BCUT2D eigenvalue weighted by Crippen LogP contribution is -2.46. The number of urea groups is 1. The first kappa shape index (κ1) is 15.8. The van der Waals surface area contributed by atoms with Crippen molar-refractivity contribution in [2.24, 2.45) is 0 Å². The molecule has 108 valence electrons. The quantitative estimate of drug-likeness (QED) is 0.627. The molecule has 0 saturated heterocycles. The lowest BCUT2D eigenvalue weighted by Gasteiger charge is -2.13. The van der Waals surface area contributed by atoms with Crippen LogP contribution in [0.3, 0.4) is 0 Å². The normalized spacial score (nSPS) is 11.4. The molecule has 0 aliphatic heterocycles. The molecular formula is C12H13ClN2O5. The van der Waals surface area contributed by atoms with Crippen LogP contribution in [0.1, 0.15) is 12.0 Å². The fraction of sp³-hybridized carbons (Fsp3) is 0.250. The van der Waals surface area contributed by atoms with Crippen LogP contribution in [0.4, 0.5) is 4.79 Å². The van der Waals surface area contributed by atoms with Crippen molar-refractivity contribution in [3.8, 4) is 0 Å². The fourth-order valence-corrected chi connectivity index (χ4v) is 1.60. The summed E-state index contributed by atoms with van der Waals surface area (Å²) < 4.78 is 0. The van der Waals surface area contributed by atoms with E-state index in [1.54, 1.807) is 24.3 Å². The standard InChI is InChI=1S/C12H13ClN2O5/c13-8-4-2-1-3-7(8)6-14-12(20)15-9(11(18)19)5-10(16)17/h1-4,9H,5-6H2,(H,16,17)(H,18,19)(H2,14,15,20). The van der Waals surface area contributed by atoms with Gasteiger partial charge < -0.3 is 20.8 Å². The monoisotopic (exact) mass is 300 g/mol. The number of halogens is 1. The van der Waals surface area contributed by atoms with Crippen LogP contribution in [0.5, 0.6) is 0 Å². The maximum Gasteiger partial charge on any atom is 0.326 e. The van der Waals surface area contributed by atoms with E-state index in [2.05, 4.69) is 10.6 Å². The summed E-state index contributed by atoms with van der Waals surface area (Å²) in [5, 5.41) is 22.2. The molecule has 0 bridgehead atoms. The molecule has 1 aromatic rings. The largest absolute Gasteiger partial charge is 0.481 e. The van der Waals surface area contributed by atoms with Gasteiger partial charge in [0.15, 0.2) is 0 Å². The molecule has 0 fully saturated rings. The molecule has 8 heteroatoms. The number of nitrogens with one attached hydrogen (secondary N) is 2. The van der Waals surface area contributed by atoms with E-state index in [0.717, 1.165) is 0 Å². The maximum absolute atomic E-state index is 11.5. The maximum atomic E-state index is 11.5. The zero-order valence-electron chi connectivity index (χ0n) is 10.3. The zero-order valence-corrected chi connectivity index (χ0v) is 11.1. The number of hydrogen-bond donors (Lipinski definition) is 4. The molecule has 0 aromatic heterocycles. The van der Waals surface area contributed by atoms with Gasteiger partial charge in [-0.25, -0.2) is 9.59 Å². The Kier molecular flexibility index (Phi) is 5.79. The molecule has 4 N–H and O–H groups in total. The lowest BCUT2D eigenvalue weighted by molar-refractivity contribution is -0.145. The van der Waals surface area contributed by atoms with Gasteiger partial charge in [-0.2, -0.15) is 0 Å². The molecule has 0 saturated carbocycles. The summed E-state index contributed by atoms with van der Waals surface area (Å²) in [5.74, 6) is -2.73. The average molecular weight is 301 g/mol. The van der Waals surface area contributed by atoms with Crippen molar-refractivity contribution in [3.05, 3.63) is 34.9 Å². The van der Waals surface area contributed by atoms with Crippen molar-refractivity contribution < 1.29 is 24.6 Å². The van der Waals surface area contributed by atoms with E-state index in [-0.39, 0.29) is 6.54 Å². The van der Waals surface area contributed by atoms with E-state index < -0.39 is 30.4 Å². The third-order valence-electron chi connectivity index (χ3n) is 2.38. The molecule has 0 aliphatic carbocycles. The highest BCUT2D eigenvalue weighted by molar-refractivity contribution is 6.31. The Morgan fingerprint density at radius 1 is 1.20 bits per heavy atom. The molecule has 20 heavy (non-hydrogen) atoms. The molecule has 2 amide bonds. The SMILES string of the molecule is O=C(O)CC(NC(=O)NCc1ccccc1Cl)C(=O)O. The van der Waals surface area contributed by atoms with Crippen molar-refractivity contribution in [1.29, 1.82) is 0 Å². The number of carbonyl (C=O) groups is 3. The highest BCUT2D eigenvalue weighted by Crippen LogP contribution is 2.14. The Labute approximate surface area is 119 Å². The highest BCUT2D eigenvalue weighted by Gasteiger charge is 2.22. The summed E-state index contributed by atoms with van der Waals surface area (Å²) in [6.07, 6.45) is -0.700. The predicted octanol–water partition coefficient (Wildman–Crippen LogP) is 1.07. The van der Waals surface area contributed by atoms with Crippen LogP contribution in [0.25, 0.3) is 0 Å². The van der Waals surface area contributed by atoms with Crippen LogP contribution in [-0.4, -0.2) is 34.2 Å². The van der Waals surface area contributed by atoms with Crippen molar-refractivity contribution in [3.63, 3.8) is 0 Å². The van der Waals surface area contributed by atoms with Crippen molar-refractivity contribution in [2.45, 2.75) is 19.0 Å². The predicted molar refractivity (Wildman–Crippen MR) is 70.5 cm³/mol. The summed E-state index contributed by atoms with van der Waals surface area (Å²) in [6.45, 7) is 0.102. The summed E-state index contributed by atoms with van der Waals surface area (Å²) in [4.78, 5) is 32.7. The second-order valence-electron chi connectivity index (χ2n) is 3.91. The topological polar surface area (TPSA) is 116 Å². The third kappa shape index (κ3) is 5.15. The number of carboxylic acid groups (broad SMARTS) is 2. The Morgan fingerprint density at radius 3 is 2.40 bits per heavy atom. The molecule has 0 aliphatic rings. The van der Waals surface area contributed by atoms with Gasteiger partial charge in [0.1, 0.15) is 6.04 Å². The molecule has 1 aromatic carbocycles. The number of benzene rings is 1. The van der Waals surface area contributed by atoms with Gasteiger partial charge in [-0.15, -0.1) is 0 Å². The number of rotatable bonds is 6. The summed E-state index contributed by atoms with van der Waals surface area (Å²) >= 11 is 5.89. The van der Waals surface area contributed by atoms with Crippen molar-refractivity contribution >= 4 is 29.6 Å². The molecule has 0 spiro atoms. The second kappa shape index (κ2) is 7.34. The Balaban J connectivity index is 2.52. The molecule has 0 radical (unpaired) electrons. The van der Waals surface area contributed by atoms with Gasteiger partial charge in [-0.05, 0) is 11.6 Å². The van der Waals surface area contributed by atoms with E-state index in [4.69, 9.17) is 21.8 Å².